The maximum atomic E-state index is 10.3. The lowest BCUT2D eigenvalue weighted by Gasteiger charge is -2.19. The predicted octanol–water partition coefficient (Wildman–Crippen LogP) is 3.16. The van der Waals surface area contributed by atoms with E-state index in [2.05, 4.69) is 37.2 Å². The second-order valence-corrected chi connectivity index (χ2v) is 5.00. The molecule has 96 valence electrons. The van der Waals surface area contributed by atoms with Gasteiger partial charge in [0.2, 0.25) is 0 Å². The molecule has 2 aromatic rings. The van der Waals surface area contributed by atoms with Gasteiger partial charge in [-0.1, -0.05) is 32.0 Å². The Hall–Kier alpha value is -1.77. The van der Waals surface area contributed by atoms with Crippen molar-refractivity contribution in [2.45, 2.75) is 20.3 Å². The third-order valence-electron chi connectivity index (χ3n) is 3.48. The number of H-pyrrole nitrogens is 1. The molecule has 3 heteroatoms. The SMILES string of the molecule is CC(C)[C@@H](COC=O)Cc1c[nH]c2ccccc12. The monoisotopic (exact) mass is 245 g/mol. The van der Waals surface area contributed by atoms with Crippen LogP contribution in [-0.2, 0) is 16.0 Å². The Balaban J connectivity index is 2.17. The number of benzene rings is 1. The molecular weight excluding hydrogens is 226 g/mol. The first-order chi connectivity index (χ1) is 8.72. The highest BCUT2D eigenvalue weighted by molar-refractivity contribution is 5.83. The van der Waals surface area contributed by atoms with Crippen LogP contribution < -0.4 is 0 Å². The Morgan fingerprint density at radius 3 is 2.83 bits per heavy atom. The number of hydrogen-bond acceptors (Lipinski definition) is 2. The zero-order valence-corrected chi connectivity index (χ0v) is 10.8. The summed E-state index contributed by atoms with van der Waals surface area (Å²) in [5, 5.41) is 1.26. The van der Waals surface area contributed by atoms with Crippen LogP contribution in [0.5, 0.6) is 0 Å². The van der Waals surface area contributed by atoms with Crippen LogP contribution in [0.15, 0.2) is 30.5 Å². The molecule has 0 aliphatic carbocycles. The van der Waals surface area contributed by atoms with E-state index >= 15 is 0 Å². The van der Waals surface area contributed by atoms with E-state index in [0.29, 0.717) is 24.9 Å². The van der Waals surface area contributed by atoms with E-state index in [9.17, 15) is 4.79 Å². The second-order valence-electron chi connectivity index (χ2n) is 5.00. The van der Waals surface area contributed by atoms with Gasteiger partial charge in [0.15, 0.2) is 0 Å². The summed E-state index contributed by atoms with van der Waals surface area (Å²) in [7, 11) is 0. The minimum absolute atomic E-state index is 0.356. The average molecular weight is 245 g/mol. The van der Waals surface area contributed by atoms with Gasteiger partial charge in [-0.25, -0.2) is 0 Å². The van der Waals surface area contributed by atoms with Gasteiger partial charge >= 0.3 is 0 Å². The molecule has 1 N–H and O–H groups in total. The quantitative estimate of drug-likeness (QED) is 0.794. The maximum absolute atomic E-state index is 10.3. The Labute approximate surface area is 107 Å². The molecule has 0 aliphatic rings. The van der Waals surface area contributed by atoms with E-state index in [-0.39, 0.29) is 0 Å². The first-order valence-electron chi connectivity index (χ1n) is 6.32. The molecule has 0 radical (unpaired) electrons. The molecule has 0 bridgehead atoms. The van der Waals surface area contributed by atoms with E-state index in [4.69, 9.17) is 4.74 Å². The van der Waals surface area contributed by atoms with Gasteiger partial charge in [-0.05, 0) is 29.9 Å². The van der Waals surface area contributed by atoms with Crippen LogP contribution in [0.4, 0.5) is 0 Å². The molecule has 0 aliphatic heterocycles. The number of aromatic nitrogens is 1. The summed E-state index contributed by atoms with van der Waals surface area (Å²) in [4.78, 5) is 13.6. The van der Waals surface area contributed by atoms with Crippen molar-refractivity contribution >= 4 is 17.4 Å². The largest absolute Gasteiger partial charge is 0.468 e. The zero-order valence-electron chi connectivity index (χ0n) is 10.8. The van der Waals surface area contributed by atoms with Crippen LogP contribution in [-0.4, -0.2) is 18.1 Å². The van der Waals surface area contributed by atoms with Gasteiger partial charge in [-0.15, -0.1) is 0 Å². The number of para-hydroxylation sites is 1. The summed E-state index contributed by atoms with van der Waals surface area (Å²) in [5.74, 6) is 0.841. The van der Waals surface area contributed by atoms with Gasteiger partial charge in [0.05, 0.1) is 6.61 Å². The molecule has 1 heterocycles. The molecule has 0 amide bonds. The van der Waals surface area contributed by atoms with Crippen LogP contribution in [0.25, 0.3) is 10.9 Å². The summed E-state index contributed by atoms with van der Waals surface area (Å²) in [6, 6.07) is 8.27. The van der Waals surface area contributed by atoms with Crippen LogP contribution >= 0.6 is 0 Å². The highest BCUT2D eigenvalue weighted by Gasteiger charge is 2.16. The number of carbonyl (C=O) groups is 1. The third kappa shape index (κ3) is 2.73. The summed E-state index contributed by atoms with van der Waals surface area (Å²) >= 11 is 0. The number of nitrogens with one attached hydrogen (secondary N) is 1. The fourth-order valence-corrected chi connectivity index (χ4v) is 2.23. The molecule has 0 unspecified atom stereocenters. The minimum Gasteiger partial charge on any atom is -0.468 e. The van der Waals surface area contributed by atoms with Gasteiger partial charge < -0.3 is 9.72 Å². The van der Waals surface area contributed by atoms with Gasteiger partial charge in [0.1, 0.15) is 0 Å². The maximum Gasteiger partial charge on any atom is 0.293 e. The van der Waals surface area contributed by atoms with Crippen molar-refractivity contribution in [3.05, 3.63) is 36.0 Å². The van der Waals surface area contributed by atoms with Crippen molar-refractivity contribution in [3.63, 3.8) is 0 Å². The first kappa shape index (κ1) is 12.7. The van der Waals surface area contributed by atoms with Crippen LogP contribution in [0.3, 0.4) is 0 Å². The molecule has 3 nitrogen and oxygen atoms in total. The number of aromatic amines is 1. The van der Waals surface area contributed by atoms with Crippen LogP contribution in [0.2, 0.25) is 0 Å². The normalized spacial score (nSPS) is 12.8. The molecule has 0 saturated heterocycles. The van der Waals surface area contributed by atoms with Crippen LogP contribution in [0.1, 0.15) is 19.4 Å². The molecule has 1 aromatic heterocycles. The third-order valence-corrected chi connectivity index (χ3v) is 3.48. The molecule has 0 spiro atoms. The Bertz CT molecular complexity index is 516. The molecule has 0 saturated carbocycles. The molecule has 1 atom stereocenters. The van der Waals surface area contributed by atoms with Gasteiger partial charge in [-0.3, -0.25) is 4.79 Å². The molecule has 18 heavy (non-hydrogen) atoms. The van der Waals surface area contributed by atoms with E-state index in [0.717, 1.165) is 11.9 Å². The fourth-order valence-electron chi connectivity index (χ4n) is 2.23. The summed E-state index contributed by atoms with van der Waals surface area (Å²) in [6.07, 6.45) is 2.98. The Morgan fingerprint density at radius 1 is 1.33 bits per heavy atom. The Morgan fingerprint density at radius 2 is 2.11 bits per heavy atom. The number of ether oxygens (including phenoxy) is 1. The summed E-state index contributed by atoms with van der Waals surface area (Å²) in [6.45, 7) is 5.34. The van der Waals surface area contributed by atoms with E-state index in [1.165, 1.54) is 10.9 Å². The first-order valence-corrected chi connectivity index (χ1v) is 6.32. The molecule has 2 rings (SSSR count). The smallest absolute Gasteiger partial charge is 0.293 e. The van der Waals surface area contributed by atoms with E-state index in [1.807, 2.05) is 12.1 Å². The van der Waals surface area contributed by atoms with Gasteiger partial charge in [0.25, 0.3) is 6.47 Å². The predicted molar refractivity (Wildman–Crippen MR) is 72.3 cm³/mol. The van der Waals surface area contributed by atoms with Crippen molar-refractivity contribution in [3.8, 4) is 0 Å². The highest BCUT2D eigenvalue weighted by Crippen LogP contribution is 2.24. The van der Waals surface area contributed by atoms with Crippen molar-refractivity contribution < 1.29 is 9.53 Å². The van der Waals surface area contributed by atoms with Crippen LogP contribution in [0, 0.1) is 11.8 Å². The minimum atomic E-state index is 0.356. The average Bonchev–Trinajstić information content (AvgIpc) is 2.77. The van der Waals surface area contributed by atoms with Gasteiger partial charge in [0, 0.05) is 17.1 Å². The lowest BCUT2D eigenvalue weighted by atomic mass is 9.90. The van der Waals surface area contributed by atoms with Crippen molar-refractivity contribution in [1.29, 1.82) is 0 Å². The van der Waals surface area contributed by atoms with E-state index < -0.39 is 0 Å². The lowest BCUT2D eigenvalue weighted by molar-refractivity contribution is -0.130. The number of rotatable bonds is 6. The van der Waals surface area contributed by atoms with Crippen molar-refractivity contribution in [2.24, 2.45) is 11.8 Å². The zero-order chi connectivity index (χ0) is 13.0. The topological polar surface area (TPSA) is 42.1 Å². The summed E-state index contributed by atoms with van der Waals surface area (Å²) < 4.78 is 4.93. The number of carbonyl (C=O) groups excluding carboxylic acids is 1. The second kappa shape index (κ2) is 5.71. The molecule has 0 fully saturated rings. The summed E-state index contributed by atoms with van der Waals surface area (Å²) in [5.41, 5.74) is 2.45. The van der Waals surface area contributed by atoms with Crippen molar-refractivity contribution in [2.75, 3.05) is 6.61 Å². The fraction of sp³-hybridized carbons (Fsp3) is 0.400. The Kier molecular flexibility index (Phi) is 4.03. The molecule has 1 aromatic carbocycles. The van der Waals surface area contributed by atoms with Gasteiger partial charge in [-0.2, -0.15) is 0 Å². The standard InChI is InChI=1S/C15H19NO2/c1-11(2)13(9-18-10-17)7-12-8-16-15-6-4-3-5-14(12)15/h3-6,8,10-11,13,16H,7,9H2,1-2H3/t13-/m1/s1. The molecular formula is C15H19NO2. The highest BCUT2D eigenvalue weighted by atomic mass is 16.5. The van der Waals surface area contributed by atoms with E-state index in [1.54, 1.807) is 0 Å². The number of fused-ring (bicyclic) bond motifs is 1. The lowest BCUT2D eigenvalue weighted by Crippen LogP contribution is -2.18. The van der Waals surface area contributed by atoms with Crippen molar-refractivity contribution in [1.82, 2.24) is 4.98 Å². The number of hydrogen-bond donors (Lipinski definition) is 1.